The molecule has 1 saturated carbocycles. The van der Waals surface area contributed by atoms with Crippen LogP contribution in [0.2, 0.25) is 5.02 Å². The van der Waals surface area contributed by atoms with Crippen LogP contribution in [0.3, 0.4) is 0 Å². The summed E-state index contributed by atoms with van der Waals surface area (Å²) in [7, 11) is -3.69. The van der Waals surface area contributed by atoms with E-state index in [-0.39, 0.29) is 4.90 Å². The van der Waals surface area contributed by atoms with Gasteiger partial charge in [-0.15, -0.1) is 0 Å². The molecule has 106 valence electrons. The molecule has 1 aliphatic rings. The molecule has 0 amide bonds. The summed E-state index contributed by atoms with van der Waals surface area (Å²) in [5.74, 6) is 1.42. The molecule has 1 fully saturated rings. The maximum atomic E-state index is 11.3. The summed E-state index contributed by atoms with van der Waals surface area (Å²) in [5, 5.41) is 8.92. The number of rotatable bonds is 4. The fourth-order valence-corrected chi connectivity index (χ4v) is 3.05. The number of hydrogen-bond acceptors (Lipinski definition) is 3. The third-order valence-electron chi connectivity index (χ3n) is 3.74. The lowest BCUT2D eigenvalue weighted by Crippen LogP contribution is -2.38. The highest BCUT2D eigenvalue weighted by Gasteiger charge is 2.31. The third-order valence-corrected chi connectivity index (χ3v) is 4.98. The van der Waals surface area contributed by atoms with Crippen LogP contribution in [0.5, 0.6) is 0 Å². The van der Waals surface area contributed by atoms with Crippen LogP contribution in [0.15, 0.2) is 23.1 Å². The van der Waals surface area contributed by atoms with Crippen LogP contribution < -0.4 is 10.5 Å². The molecule has 1 aromatic rings. The fourth-order valence-electron chi connectivity index (χ4n) is 2.34. The highest BCUT2D eigenvalue weighted by atomic mass is 35.5. The molecule has 0 aromatic heterocycles. The van der Waals surface area contributed by atoms with E-state index in [0.29, 0.717) is 22.7 Å². The summed E-state index contributed by atoms with van der Waals surface area (Å²) in [4.78, 5) is 0.0825. The van der Waals surface area contributed by atoms with Crippen molar-refractivity contribution in [1.82, 2.24) is 0 Å². The minimum atomic E-state index is -3.69. The van der Waals surface area contributed by atoms with E-state index in [1.807, 2.05) is 0 Å². The Kier molecular flexibility index (Phi) is 4.08. The monoisotopic (exact) mass is 302 g/mol. The largest absolute Gasteiger partial charge is 0.381 e. The van der Waals surface area contributed by atoms with Crippen LogP contribution in [-0.2, 0) is 10.0 Å². The van der Waals surface area contributed by atoms with Crippen molar-refractivity contribution < 1.29 is 8.42 Å². The summed E-state index contributed by atoms with van der Waals surface area (Å²) in [5.41, 5.74) is 0.639. The first kappa shape index (κ1) is 14.6. The van der Waals surface area contributed by atoms with Crippen LogP contribution in [-0.4, -0.2) is 14.5 Å². The molecule has 4 nitrogen and oxygen atoms in total. The quantitative estimate of drug-likeness (QED) is 0.898. The predicted molar refractivity (Wildman–Crippen MR) is 77.8 cm³/mol. The van der Waals surface area contributed by atoms with E-state index in [1.165, 1.54) is 12.1 Å². The Hall–Kier alpha value is -0.780. The predicted octanol–water partition coefficient (Wildman–Crippen LogP) is 2.83. The van der Waals surface area contributed by atoms with Gasteiger partial charge in [0.2, 0.25) is 10.0 Å². The molecule has 0 aliphatic heterocycles. The molecular weight excluding hydrogens is 284 g/mol. The van der Waals surface area contributed by atoms with Gasteiger partial charge in [0.1, 0.15) is 0 Å². The molecule has 0 spiro atoms. The summed E-state index contributed by atoms with van der Waals surface area (Å²) in [6.07, 6.45) is 2.18. The molecule has 1 aliphatic carbocycles. The normalized spacial score (nSPS) is 23.2. The molecule has 0 saturated heterocycles. The summed E-state index contributed by atoms with van der Waals surface area (Å²) >= 11 is 6.07. The second kappa shape index (κ2) is 5.31. The maximum Gasteiger partial charge on any atom is 0.238 e. The van der Waals surface area contributed by atoms with E-state index in [9.17, 15) is 8.42 Å². The number of nitrogens with one attached hydrogen (secondary N) is 1. The van der Waals surface area contributed by atoms with Gasteiger partial charge in [0.25, 0.3) is 0 Å². The van der Waals surface area contributed by atoms with Crippen molar-refractivity contribution in [2.45, 2.75) is 37.6 Å². The van der Waals surface area contributed by atoms with Crippen LogP contribution >= 0.6 is 11.6 Å². The van der Waals surface area contributed by atoms with Gasteiger partial charge in [-0.1, -0.05) is 25.4 Å². The Labute approximate surface area is 119 Å². The van der Waals surface area contributed by atoms with Crippen molar-refractivity contribution in [3.05, 3.63) is 23.2 Å². The molecule has 1 aromatic carbocycles. The molecule has 0 radical (unpaired) electrons. The highest BCUT2D eigenvalue weighted by Crippen LogP contribution is 2.37. The van der Waals surface area contributed by atoms with Crippen molar-refractivity contribution in [1.29, 1.82) is 0 Å². The van der Waals surface area contributed by atoms with Crippen molar-refractivity contribution in [2.75, 3.05) is 5.32 Å². The molecule has 2 rings (SSSR count). The molecule has 0 bridgehead atoms. The molecule has 0 unspecified atom stereocenters. The second-order valence-corrected chi connectivity index (χ2v) is 7.47. The lowest BCUT2D eigenvalue weighted by atomic mass is 9.73. The van der Waals surface area contributed by atoms with E-state index in [4.69, 9.17) is 16.7 Å². The number of hydrogen-bond donors (Lipinski definition) is 2. The summed E-state index contributed by atoms with van der Waals surface area (Å²) in [6.45, 7) is 4.44. The average Bonchev–Trinajstić information content (AvgIpc) is 2.22. The second-order valence-electron chi connectivity index (χ2n) is 5.50. The molecule has 0 heterocycles. The molecule has 19 heavy (non-hydrogen) atoms. The van der Waals surface area contributed by atoms with Gasteiger partial charge >= 0.3 is 0 Å². The Morgan fingerprint density at radius 1 is 1.37 bits per heavy atom. The van der Waals surface area contributed by atoms with Gasteiger partial charge in [0.15, 0.2) is 0 Å². The Balaban J connectivity index is 2.09. The zero-order valence-corrected chi connectivity index (χ0v) is 12.6. The van der Waals surface area contributed by atoms with E-state index in [0.717, 1.165) is 18.8 Å². The highest BCUT2D eigenvalue weighted by molar-refractivity contribution is 7.89. The van der Waals surface area contributed by atoms with Crippen molar-refractivity contribution >= 4 is 27.3 Å². The van der Waals surface area contributed by atoms with Gasteiger partial charge in [0.05, 0.1) is 15.6 Å². The van der Waals surface area contributed by atoms with Crippen LogP contribution in [0.1, 0.15) is 26.7 Å². The van der Waals surface area contributed by atoms with E-state index >= 15 is 0 Å². The van der Waals surface area contributed by atoms with Gasteiger partial charge in [-0.2, -0.15) is 0 Å². The number of primary sulfonamides is 1. The standard InChI is InChI=1S/C13H19ClN2O2S/c1-8(2)9-5-10(6-9)16-13-7-11(19(15,17)18)3-4-12(13)14/h3-4,7-10,16H,5-6H2,1-2H3,(H2,15,17,18). The zero-order chi connectivity index (χ0) is 14.2. The van der Waals surface area contributed by atoms with Crippen LogP contribution in [0, 0.1) is 11.8 Å². The third kappa shape index (κ3) is 3.41. The molecule has 0 atom stereocenters. The minimum absolute atomic E-state index is 0.0825. The van der Waals surface area contributed by atoms with E-state index < -0.39 is 10.0 Å². The number of nitrogens with two attached hydrogens (primary N) is 1. The van der Waals surface area contributed by atoms with Gasteiger partial charge in [-0.25, -0.2) is 13.6 Å². The maximum absolute atomic E-state index is 11.3. The van der Waals surface area contributed by atoms with Crippen molar-refractivity contribution in [2.24, 2.45) is 17.0 Å². The molecule has 3 N–H and O–H groups in total. The topological polar surface area (TPSA) is 72.2 Å². The zero-order valence-electron chi connectivity index (χ0n) is 11.1. The van der Waals surface area contributed by atoms with Crippen LogP contribution in [0.25, 0.3) is 0 Å². The molecular formula is C13H19ClN2O2S. The number of benzene rings is 1. The SMILES string of the molecule is CC(C)C1CC(Nc2cc(S(N)(=O)=O)ccc2Cl)C1. The van der Waals surface area contributed by atoms with Gasteiger partial charge < -0.3 is 5.32 Å². The lowest BCUT2D eigenvalue weighted by Gasteiger charge is -2.39. The summed E-state index contributed by atoms with van der Waals surface area (Å²) < 4.78 is 22.6. The number of halogens is 1. The Morgan fingerprint density at radius 3 is 2.53 bits per heavy atom. The first-order valence-electron chi connectivity index (χ1n) is 6.36. The smallest absolute Gasteiger partial charge is 0.238 e. The Bertz CT molecular complexity index is 566. The van der Waals surface area contributed by atoms with Crippen molar-refractivity contribution in [3.63, 3.8) is 0 Å². The Morgan fingerprint density at radius 2 is 2.00 bits per heavy atom. The van der Waals surface area contributed by atoms with Gasteiger partial charge in [-0.3, -0.25) is 0 Å². The number of sulfonamides is 1. The van der Waals surface area contributed by atoms with E-state index in [2.05, 4.69) is 19.2 Å². The van der Waals surface area contributed by atoms with E-state index in [1.54, 1.807) is 6.07 Å². The van der Waals surface area contributed by atoms with Crippen LogP contribution in [0.4, 0.5) is 5.69 Å². The first-order chi connectivity index (χ1) is 8.77. The average molecular weight is 303 g/mol. The van der Waals surface area contributed by atoms with Gasteiger partial charge in [0, 0.05) is 6.04 Å². The minimum Gasteiger partial charge on any atom is -0.381 e. The van der Waals surface area contributed by atoms with Gasteiger partial charge in [-0.05, 0) is 42.9 Å². The van der Waals surface area contributed by atoms with Crippen molar-refractivity contribution in [3.8, 4) is 0 Å². The fraction of sp³-hybridized carbons (Fsp3) is 0.538. The molecule has 6 heteroatoms. The first-order valence-corrected chi connectivity index (χ1v) is 8.28. The lowest BCUT2D eigenvalue weighted by molar-refractivity contribution is 0.212. The summed E-state index contributed by atoms with van der Waals surface area (Å²) in [6, 6.07) is 4.84. The number of anilines is 1.